The Labute approximate surface area is 159 Å². The summed E-state index contributed by atoms with van der Waals surface area (Å²) < 4.78 is 16.0. The standard InChI is InChI=1S/C18H26ClN3O4/c1-24-16-12-15(17(25-2)11-14(16)19)20-18(23)22-5-3-13(4-6-22)21-7-9-26-10-8-21/h11-13H,3-10H2,1-2H3,(H,20,23). The number of amides is 2. The third kappa shape index (κ3) is 4.34. The van der Waals surface area contributed by atoms with Gasteiger partial charge in [-0.05, 0) is 12.8 Å². The van der Waals surface area contributed by atoms with Gasteiger partial charge < -0.3 is 24.4 Å². The lowest BCUT2D eigenvalue weighted by Gasteiger charge is -2.40. The number of likely N-dealkylation sites (tertiary alicyclic amines) is 1. The zero-order valence-corrected chi connectivity index (χ0v) is 16.1. The molecule has 144 valence electrons. The SMILES string of the molecule is COc1cc(NC(=O)N2CCC(N3CCOCC3)CC2)c(OC)cc1Cl. The summed E-state index contributed by atoms with van der Waals surface area (Å²) in [4.78, 5) is 17.0. The van der Waals surface area contributed by atoms with E-state index in [-0.39, 0.29) is 6.03 Å². The van der Waals surface area contributed by atoms with E-state index < -0.39 is 0 Å². The summed E-state index contributed by atoms with van der Waals surface area (Å²) in [6.07, 6.45) is 1.96. The molecule has 7 nitrogen and oxygen atoms in total. The summed E-state index contributed by atoms with van der Waals surface area (Å²) >= 11 is 6.11. The van der Waals surface area contributed by atoms with Crippen molar-refractivity contribution in [2.24, 2.45) is 0 Å². The van der Waals surface area contributed by atoms with Crippen LogP contribution in [0.1, 0.15) is 12.8 Å². The molecular weight excluding hydrogens is 358 g/mol. The van der Waals surface area contributed by atoms with Gasteiger partial charge in [-0.2, -0.15) is 0 Å². The monoisotopic (exact) mass is 383 g/mol. The molecule has 26 heavy (non-hydrogen) atoms. The minimum absolute atomic E-state index is 0.131. The lowest BCUT2D eigenvalue weighted by molar-refractivity contribution is 0.00419. The molecule has 2 aliphatic rings. The highest BCUT2D eigenvalue weighted by atomic mass is 35.5. The summed E-state index contributed by atoms with van der Waals surface area (Å²) in [5, 5.41) is 3.36. The number of carbonyl (C=O) groups excluding carboxylic acids is 1. The number of ether oxygens (including phenoxy) is 3. The van der Waals surface area contributed by atoms with Crippen LogP contribution in [0.3, 0.4) is 0 Å². The number of piperidine rings is 1. The molecule has 1 aromatic carbocycles. The first-order valence-corrected chi connectivity index (χ1v) is 9.29. The maximum absolute atomic E-state index is 12.7. The number of nitrogens with one attached hydrogen (secondary N) is 1. The lowest BCUT2D eigenvalue weighted by Crippen LogP contribution is -2.50. The molecular formula is C18H26ClN3O4. The Kier molecular flexibility index (Phi) is 6.45. The second-order valence-corrected chi connectivity index (χ2v) is 6.89. The normalized spacial score (nSPS) is 19.3. The lowest BCUT2D eigenvalue weighted by atomic mass is 10.0. The number of benzene rings is 1. The van der Waals surface area contributed by atoms with Crippen LogP contribution in [-0.2, 0) is 4.74 Å². The minimum atomic E-state index is -0.131. The van der Waals surface area contributed by atoms with E-state index in [0.29, 0.717) is 28.3 Å². The number of carbonyl (C=O) groups is 1. The third-order valence-electron chi connectivity index (χ3n) is 5.03. The van der Waals surface area contributed by atoms with Gasteiger partial charge in [-0.1, -0.05) is 11.6 Å². The van der Waals surface area contributed by atoms with Gasteiger partial charge in [0.15, 0.2) is 0 Å². The van der Waals surface area contributed by atoms with Gasteiger partial charge in [0.1, 0.15) is 11.5 Å². The molecule has 0 saturated carbocycles. The molecule has 2 amide bonds. The number of rotatable bonds is 4. The van der Waals surface area contributed by atoms with Crippen LogP contribution in [0.5, 0.6) is 11.5 Å². The maximum atomic E-state index is 12.7. The number of hydrogen-bond donors (Lipinski definition) is 1. The van der Waals surface area contributed by atoms with E-state index >= 15 is 0 Å². The second kappa shape index (κ2) is 8.79. The van der Waals surface area contributed by atoms with E-state index in [2.05, 4.69) is 10.2 Å². The quantitative estimate of drug-likeness (QED) is 0.866. The van der Waals surface area contributed by atoms with Crippen molar-refractivity contribution >= 4 is 23.3 Å². The van der Waals surface area contributed by atoms with Crippen molar-refractivity contribution in [3.63, 3.8) is 0 Å². The fourth-order valence-electron chi connectivity index (χ4n) is 3.53. The highest BCUT2D eigenvalue weighted by Gasteiger charge is 2.28. The van der Waals surface area contributed by atoms with E-state index in [1.807, 2.05) is 4.90 Å². The van der Waals surface area contributed by atoms with Gasteiger partial charge in [-0.15, -0.1) is 0 Å². The predicted octanol–water partition coefficient (Wildman–Crippen LogP) is 2.69. The number of nitrogens with zero attached hydrogens (tertiary/aromatic N) is 2. The summed E-state index contributed by atoms with van der Waals surface area (Å²) in [5.41, 5.74) is 0.550. The van der Waals surface area contributed by atoms with Crippen LogP contribution < -0.4 is 14.8 Å². The molecule has 2 heterocycles. The van der Waals surface area contributed by atoms with Crippen LogP contribution in [0.4, 0.5) is 10.5 Å². The predicted molar refractivity (Wildman–Crippen MR) is 101 cm³/mol. The molecule has 2 fully saturated rings. The van der Waals surface area contributed by atoms with E-state index in [0.717, 1.165) is 52.2 Å². The largest absolute Gasteiger partial charge is 0.495 e. The number of anilines is 1. The van der Waals surface area contributed by atoms with Crippen LogP contribution in [0.15, 0.2) is 12.1 Å². The summed E-state index contributed by atoms with van der Waals surface area (Å²) in [6, 6.07) is 3.72. The number of halogens is 1. The van der Waals surface area contributed by atoms with Crippen molar-refractivity contribution in [1.29, 1.82) is 0 Å². The Morgan fingerprint density at radius 2 is 1.77 bits per heavy atom. The van der Waals surface area contributed by atoms with Crippen molar-refractivity contribution < 1.29 is 19.0 Å². The maximum Gasteiger partial charge on any atom is 0.321 e. The molecule has 2 aliphatic heterocycles. The van der Waals surface area contributed by atoms with Gasteiger partial charge in [0, 0.05) is 44.4 Å². The number of urea groups is 1. The van der Waals surface area contributed by atoms with Crippen LogP contribution in [-0.4, -0.2) is 75.5 Å². The summed E-state index contributed by atoms with van der Waals surface area (Å²) in [7, 11) is 3.08. The van der Waals surface area contributed by atoms with Crippen LogP contribution in [0, 0.1) is 0 Å². The minimum Gasteiger partial charge on any atom is -0.495 e. The van der Waals surface area contributed by atoms with Crippen molar-refractivity contribution in [2.75, 3.05) is 58.9 Å². The second-order valence-electron chi connectivity index (χ2n) is 6.48. The van der Waals surface area contributed by atoms with E-state index in [9.17, 15) is 4.79 Å². The van der Waals surface area contributed by atoms with E-state index in [4.69, 9.17) is 25.8 Å². The Balaban J connectivity index is 1.59. The molecule has 0 radical (unpaired) electrons. The average molecular weight is 384 g/mol. The Bertz CT molecular complexity index is 629. The molecule has 3 rings (SSSR count). The first-order chi connectivity index (χ1) is 12.6. The molecule has 0 atom stereocenters. The summed E-state index contributed by atoms with van der Waals surface area (Å²) in [5.74, 6) is 1.00. The van der Waals surface area contributed by atoms with E-state index in [1.165, 1.54) is 7.11 Å². The van der Waals surface area contributed by atoms with Crippen molar-refractivity contribution in [3.8, 4) is 11.5 Å². The van der Waals surface area contributed by atoms with Crippen molar-refractivity contribution in [2.45, 2.75) is 18.9 Å². The van der Waals surface area contributed by atoms with Gasteiger partial charge in [0.2, 0.25) is 0 Å². The fraction of sp³-hybridized carbons (Fsp3) is 0.611. The molecule has 1 aromatic rings. The molecule has 2 saturated heterocycles. The van der Waals surface area contributed by atoms with Crippen LogP contribution in [0.2, 0.25) is 5.02 Å². The zero-order valence-electron chi connectivity index (χ0n) is 15.3. The molecule has 8 heteroatoms. The van der Waals surface area contributed by atoms with Gasteiger partial charge in [-0.3, -0.25) is 4.90 Å². The van der Waals surface area contributed by atoms with Gasteiger partial charge in [-0.25, -0.2) is 4.79 Å². The molecule has 0 aliphatic carbocycles. The summed E-state index contributed by atoms with van der Waals surface area (Å²) in [6.45, 7) is 5.05. The zero-order chi connectivity index (χ0) is 18.5. The fourth-order valence-corrected chi connectivity index (χ4v) is 3.76. The molecule has 1 N–H and O–H groups in total. The number of methoxy groups -OCH3 is 2. The smallest absolute Gasteiger partial charge is 0.321 e. The first-order valence-electron chi connectivity index (χ1n) is 8.91. The molecule has 0 aromatic heterocycles. The van der Waals surface area contributed by atoms with Gasteiger partial charge >= 0.3 is 6.03 Å². The van der Waals surface area contributed by atoms with Crippen molar-refractivity contribution in [1.82, 2.24) is 9.80 Å². The highest BCUT2D eigenvalue weighted by Crippen LogP contribution is 2.36. The highest BCUT2D eigenvalue weighted by molar-refractivity contribution is 6.32. The first kappa shape index (κ1) is 19.1. The molecule has 0 unspecified atom stereocenters. The number of morpholine rings is 1. The topological polar surface area (TPSA) is 63.3 Å². The third-order valence-corrected chi connectivity index (χ3v) is 5.32. The van der Waals surface area contributed by atoms with Gasteiger partial charge in [0.05, 0.1) is 38.1 Å². The molecule has 0 spiro atoms. The van der Waals surface area contributed by atoms with Crippen LogP contribution >= 0.6 is 11.6 Å². The Hall–Kier alpha value is -1.70. The Morgan fingerprint density at radius 1 is 1.12 bits per heavy atom. The number of hydrogen-bond acceptors (Lipinski definition) is 5. The van der Waals surface area contributed by atoms with Crippen molar-refractivity contribution in [3.05, 3.63) is 17.2 Å². The van der Waals surface area contributed by atoms with Crippen LogP contribution in [0.25, 0.3) is 0 Å². The van der Waals surface area contributed by atoms with E-state index in [1.54, 1.807) is 19.2 Å². The average Bonchev–Trinajstić information content (AvgIpc) is 2.69. The van der Waals surface area contributed by atoms with Gasteiger partial charge in [0.25, 0.3) is 0 Å². The Morgan fingerprint density at radius 3 is 2.38 bits per heavy atom. The molecule has 0 bridgehead atoms.